The zero-order valence-electron chi connectivity index (χ0n) is 31.6. The summed E-state index contributed by atoms with van der Waals surface area (Å²) in [6.07, 6.45) is 5.25. The summed E-state index contributed by atoms with van der Waals surface area (Å²) >= 11 is 0. The lowest BCUT2D eigenvalue weighted by Crippen LogP contribution is -2.39. The van der Waals surface area contributed by atoms with E-state index >= 15 is 0 Å². The van der Waals surface area contributed by atoms with Crippen LogP contribution in [0.2, 0.25) is 0 Å². The molecule has 302 valence electrons. The van der Waals surface area contributed by atoms with E-state index < -0.39 is 22.1 Å². The lowest BCUT2D eigenvalue weighted by atomic mass is 10.1. The highest BCUT2D eigenvalue weighted by Gasteiger charge is 2.30. The Bertz CT molecular complexity index is 2400. The summed E-state index contributed by atoms with van der Waals surface area (Å²) in [5, 5.41) is 18.0. The minimum Gasteiger partial charge on any atom is -0.481 e. The molecule has 5 aromatic rings. The number of unbranched alkanes of at least 4 members (excludes halogenated alkanes) is 3. The smallest absolute Gasteiger partial charge is 0.305 e. The summed E-state index contributed by atoms with van der Waals surface area (Å²) in [4.78, 5) is 70.2. The average molecular weight is 810 g/mol. The Morgan fingerprint density at radius 3 is 2.52 bits per heavy atom. The van der Waals surface area contributed by atoms with Crippen LogP contribution < -0.4 is 16.0 Å². The molecule has 0 spiro atoms. The van der Waals surface area contributed by atoms with Crippen molar-refractivity contribution >= 4 is 68.4 Å². The van der Waals surface area contributed by atoms with Gasteiger partial charge in [0.2, 0.25) is 5.91 Å². The number of aromatic nitrogens is 3. The van der Waals surface area contributed by atoms with Crippen molar-refractivity contribution in [1.82, 2.24) is 30.1 Å². The lowest BCUT2D eigenvalue weighted by Gasteiger charge is -2.23. The number of anilines is 2. The number of carboxylic acid groups (broad SMARTS) is 1. The van der Waals surface area contributed by atoms with Gasteiger partial charge in [0.25, 0.3) is 21.9 Å². The van der Waals surface area contributed by atoms with Gasteiger partial charge in [0.1, 0.15) is 16.8 Å². The largest absolute Gasteiger partial charge is 0.481 e. The van der Waals surface area contributed by atoms with Crippen LogP contribution in [-0.2, 0) is 32.8 Å². The standard InChI is InChI=1S/C40H43N9O8S/c1-48-23-28-20-26(14-16-29(28)45-33(40(48)54)21-37(50)51)39(53)49(24-36-46-30-10-4-5-11-31(30)47-36)19-9-3-2-8-18-41-38(52)27-15-17-35(42-22-27)44-25-43-32-12-6-7-13-34(32)58(55,56)57/h4-7,10-17,20,22,25,33,45H,2-3,8-9,18-19,21,23-24H2,1H3,(H,41,52)(H,46,47)(H,50,51)(H,42,43,44)(H,55,56,57). The average Bonchev–Trinajstić information content (AvgIpc) is 3.57. The van der Waals surface area contributed by atoms with E-state index in [9.17, 15) is 37.3 Å². The Hall–Kier alpha value is -6.66. The first-order valence-corrected chi connectivity index (χ1v) is 20.0. The fourth-order valence-corrected chi connectivity index (χ4v) is 7.17. The molecule has 0 aliphatic carbocycles. The molecular formula is C40H43N9O8S. The summed E-state index contributed by atoms with van der Waals surface area (Å²) in [7, 11) is -2.82. The number of fused-ring (bicyclic) bond motifs is 2. The molecule has 18 heteroatoms. The van der Waals surface area contributed by atoms with Crippen molar-refractivity contribution in [3.05, 3.63) is 108 Å². The first kappa shape index (κ1) is 41.0. The van der Waals surface area contributed by atoms with Crippen molar-refractivity contribution in [3.8, 4) is 0 Å². The number of amides is 3. The molecule has 0 radical (unpaired) electrons. The van der Waals surface area contributed by atoms with Crippen molar-refractivity contribution < 1.29 is 37.3 Å². The van der Waals surface area contributed by atoms with E-state index in [1.165, 1.54) is 35.6 Å². The minimum absolute atomic E-state index is 0.140. The molecule has 17 nitrogen and oxygen atoms in total. The zero-order chi connectivity index (χ0) is 41.2. The number of rotatable bonds is 17. The van der Waals surface area contributed by atoms with Crippen molar-refractivity contribution in [2.75, 3.05) is 30.8 Å². The van der Waals surface area contributed by atoms with Gasteiger partial charge in [0.15, 0.2) is 5.82 Å². The molecule has 3 aromatic carbocycles. The Kier molecular flexibility index (Phi) is 13.1. The number of H-pyrrole nitrogens is 1. The third-order valence-corrected chi connectivity index (χ3v) is 10.4. The van der Waals surface area contributed by atoms with Gasteiger partial charge in [-0.25, -0.2) is 15.0 Å². The molecule has 0 fully saturated rings. The summed E-state index contributed by atoms with van der Waals surface area (Å²) in [6, 6.07) is 20.8. The van der Waals surface area contributed by atoms with Crippen LogP contribution in [0, 0.1) is 0 Å². The Morgan fingerprint density at radius 2 is 1.76 bits per heavy atom. The summed E-state index contributed by atoms with van der Waals surface area (Å²) in [5.74, 6) is -1.02. The quantitative estimate of drug-likeness (QED) is 0.0320. The van der Waals surface area contributed by atoms with E-state index in [-0.39, 0.29) is 53.6 Å². The number of hydrogen-bond donors (Lipinski definition) is 6. The van der Waals surface area contributed by atoms with E-state index in [0.717, 1.165) is 23.9 Å². The number of para-hydroxylation sites is 3. The first-order chi connectivity index (χ1) is 27.9. The van der Waals surface area contributed by atoms with Crippen LogP contribution in [-0.4, -0.2) is 99.0 Å². The topological polar surface area (TPSA) is 239 Å². The Morgan fingerprint density at radius 1 is 1.00 bits per heavy atom. The van der Waals surface area contributed by atoms with Gasteiger partial charge < -0.3 is 35.8 Å². The van der Waals surface area contributed by atoms with Crippen LogP contribution >= 0.6 is 0 Å². The molecule has 3 amide bonds. The van der Waals surface area contributed by atoms with Crippen LogP contribution in [0.3, 0.4) is 0 Å². The second-order valence-corrected chi connectivity index (χ2v) is 15.1. The first-order valence-electron chi connectivity index (χ1n) is 18.5. The van der Waals surface area contributed by atoms with Gasteiger partial charge in [-0.2, -0.15) is 8.42 Å². The number of aromatic amines is 1. The fourth-order valence-electron chi connectivity index (χ4n) is 6.52. The molecule has 58 heavy (non-hydrogen) atoms. The predicted molar refractivity (Wildman–Crippen MR) is 216 cm³/mol. The number of nitrogens with one attached hydrogen (secondary N) is 4. The molecule has 0 saturated carbocycles. The van der Waals surface area contributed by atoms with Gasteiger partial charge in [-0.15, -0.1) is 0 Å². The molecule has 0 bridgehead atoms. The number of nitrogens with zero attached hydrogens (tertiary/aromatic N) is 5. The molecule has 6 rings (SSSR count). The lowest BCUT2D eigenvalue weighted by molar-refractivity contribution is -0.141. The highest BCUT2D eigenvalue weighted by Crippen LogP contribution is 2.26. The van der Waals surface area contributed by atoms with E-state index in [2.05, 4.69) is 35.9 Å². The van der Waals surface area contributed by atoms with Crippen LogP contribution in [0.25, 0.3) is 11.0 Å². The number of carboxylic acids is 1. The second-order valence-electron chi connectivity index (χ2n) is 13.7. The molecule has 2 aromatic heterocycles. The summed E-state index contributed by atoms with van der Waals surface area (Å²) < 4.78 is 32.5. The van der Waals surface area contributed by atoms with Gasteiger partial charge in [-0.1, -0.05) is 37.1 Å². The van der Waals surface area contributed by atoms with Crippen molar-refractivity contribution in [3.63, 3.8) is 0 Å². The minimum atomic E-state index is -4.42. The Labute approximate surface area is 334 Å². The van der Waals surface area contributed by atoms with Crippen molar-refractivity contribution in [2.45, 2.75) is 56.1 Å². The number of pyridine rings is 1. The van der Waals surface area contributed by atoms with Gasteiger partial charge in [-0.05, 0) is 73.0 Å². The third kappa shape index (κ3) is 10.6. The summed E-state index contributed by atoms with van der Waals surface area (Å²) in [5.41, 5.74) is 3.88. The number of hydrogen-bond acceptors (Lipinski definition) is 10. The van der Waals surface area contributed by atoms with Gasteiger partial charge in [0.05, 0.1) is 41.6 Å². The molecule has 6 N–H and O–H groups in total. The monoisotopic (exact) mass is 809 g/mol. The zero-order valence-corrected chi connectivity index (χ0v) is 32.4. The molecule has 1 aliphatic heterocycles. The number of likely N-dealkylation sites (N-methyl/N-ethyl adjacent to an activating group) is 1. The van der Waals surface area contributed by atoms with E-state index in [0.29, 0.717) is 54.1 Å². The molecule has 0 saturated heterocycles. The number of carbonyl (C=O) groups excluding carboxylic acids is 3. The van der Waals surface area contributed by atoms with Crippen LogP contribution in [0.1, 0.15) is 64.2 Å². The number of aliphatic carboxylic acids is 1. The van der Waals surface area contributed by atoms with Gasteiger partial charge >= 0.3 is 5.97 Å². The highest BCUT2D eigenvalue weighted by atomic mass is 32.2. The van der Waals surface area contributed by atoms with Gasteiger partial charge in [0, 0.05) is 44.1 Å². The fraction of sp³-hybridized carbons (Fsp3) is 0.275. The van der Waals surface area contributed by atoms with Crippen molar-refractivity contribution in [1.29, 1.82) is 0 Å². The molecule has 1 aliphatic rings. The molecule has 1 unspecified atom stereocenters. The predicted octanol–water partition coefficient (Wildman–Crippen LogP) is 4.84. The normalized spacial score (nSPS) is 14.1. The highest BCUT2D eigenvalue weighted by molar-refractivity contribution is 7.86. The van der Waals surface area contributed by atoms with E-state index in [1.807, 2.05) is 24.3 Å². The Balaban J connectivity index is 1.00. The maximum atomic E-state index is 14.1. The molecular weight excluding hydrogens is 767 g/mol. The second kappa shape index (κ2) is 18.5. The van der Waals surface area contributed by atoms with Crippen LogP contribution in [0.15, 0.2) is 94.9 Å². The number of imidazole rings is 1. The van der Waals surface area contributed by atoms with E-state index in [4.69, 9.17) is 0 Å². The molecule has 1 atom stereocenters. The number of benzene rings is 3. The maximum Gasteiger partial charge on any atom is 0.305 e. The maximum absolute atomic E-state index is 14.1. The molecule has 3 heterocycles. The van der Waals surface area contributed by atoms with Crippen molar-refractivity contribution in [2.24, 2.45) is 4.99 Å². The van der Waals surface area contributed by atoms with Crippen LogP contribution in [0.5, 0.6) is 0 Å². The number of aliphatic imine (C=N–C) groups is 1. The van der Waals surface area contributed by atoms with Crippen LogP contribution in [0.4, 0.5) is 17.2 Å². The van der Waals surface area contributed by atoms with Gasteiger partial charge in [-0.3, -0.25) is 23.7 Å². The SMILES string of the molecule is CN1Cc2cc(C(=O)N(CCCCCCNC(=O)c3ccc(N=CNc4ccccc4S(=O)(=O)O)nc3)Cc3nc4ccccc4[nH]3)ccc2NC(CC(=O)O)C1=O. The number of carbonyl (C=O) groups is 4. The third-order valence-electron chi connectivity index (χ3n) is 9.44. The van der Waals surface area contributed by atoms with E-state index in [1.54, 1.807) is 48.3 Å². The summed E-state index contributed by atoms with van der Waals surface area (Å²) in [6.45, 7) is 1.34.